The smallest absolute Gasteiger partial charge is 0.338 e. The summed E-state index contributed by atoms with van der Waals surface area (Å²) in [7, 11) is 0. The van der Waals surface area contributed by atoms with E-state index in [0.29, 0.717) is 5.69 Å². The van der Waals surface area contributed by atoms with E-state index in [9.17, 15) is 14.9 Å². The first kappa shape index (κ1) is 17.5. The van der Waals surface area contributed by atoms with E-state index in [1.165, 1.54) is 12.1 Å². The van der Waals surface area contributed by atoms with Crippen molar-refractivity contribution in [1.29, 1.82) is 0 Å². The topological polar surface area (TPSA) is 72.7 Å². The van der Waals surface area contributed by atoms with Crippen molar-refractivity contribution in [2.75, 3.05) is 11.4 Å². The quantitative estimate of drug-likeness (QED) is 0.466. The molecular formula is C16H21ClN2O4. The first-order valence-electron chi connectivity index (χ1n) is 7.76. The standard InChI is InChI=1S/C16H21ClN2O4/c1-10(2)23-16(20)12-8-13(17)15(14(9-12)19(21)22)18-7-5-4-6-11(18)3/h8-11H,4-7H2,1-3H3. The van der Waals surface area contributed by atoms with Crippen LogP contribution >= 0.6 is 11.6 Å². The predicted octanol–water partition coefficient (Wildman–Crippen LogP) is 4.19. The maximum absolute atomic E-state index is 12.0. The molecule has 1 atom stereocenters. The first-order chi connectivity index (χ1) is 10.8. The first-order valence-corrected chi connectivity index (χ1v) is 8.14. The number of carbonyl (C=O) groups excluding carboxylic acids is 1. The maximum Gasteiger partial charge on any atom is 0.338 e. The normalized spacial score (nSPS) is 18.1. The van der Waals surface area contributed by atoms with Crippen LogP contribution in [0.25, 0.3) is 0 Å². The molecule has 2 rings (SSSR count). The van der Waals surface area contributed by atoms with Gasteiger partial charge in [-0.2, -0.15) is 0 Å². The average Bonchev–Trinajstić information content (AvgIpc) is 2.46. The summed E-state index contributed by atoms with van der Waals surface area (Å²) >= 11 is 6.30. The number of halogens is 1. The van der Waals surface area contributed by atoms with E-state index in [-0.39, 0.29) is 28.4 Å². The average molecular weight is 341 g/mol. The number of nitrogens with zero attached hydrogens (tertiary/aromatic N) is 2. The molecule has 0 saturated carbocycles. The Balaban J connectivity index is 2.47. The summed E-state index contributed by atoms with van der Waals surface area (Å²) < 4.78 is 5.10. The molecule has 0 aromatic heterocycles. The zero-order valence-corrected chi connectivity index (χ0v) is 14.3. The fourth-order valence-electron chi connectivity index (χ4n) is 2.84. The van der Waals surface area contributed by atoms with Crippen molar-refractivity contribution >= 4 is 28.9 Å². The molecule has 1 unspecified atom stereocenters. The SMILES string of the molecule is CC(C)OC(=O)c1cc(Cl)c(N2CCCCC2C)c([N+](=O)[O-])c1. The largest absolute Gasteiger partial charge is 0.459 e. The number of nitro groups is 1. The number of ether oxygens (including phenoxy) is 1. The maximum atomic E-state index is 12.0. The number of piperidine rings is 1. The molecule has 1 aromatic rings. The minimum Gasteiger partial charge on any atom is -0.459 e. The second kappa shape index (κ2) is 7.17. The Morgan fingerprint density at radius 1 is 1.43 bits per heavy atom. The van der Waals surface area contributed by atoms with Crippen LogP contribution in [0.1, 0.15) is 50.4 Å². The second-order valence-corrected chi connectivity index (χ2v) is 6.48. The Morgan fingerprint density at radius 2 is 2.13 bits per heavy atom. The van der Waals surface area contributed by atoms with E-state index >= 15 is 0 Å². The van der Waals surface area contributed by atoms with Crippen LogP contribution in [0.3, 0.4) is 0 Å². The Kier molecular flexibility index (Phi) is 5.46. The predicted molar refractivity (Wildman–Crippen MR) is 89.3 cm³/mol. The Labute approximate surface area is 140 Å². The van der Waals surface area contributed by atoms with E-state index in [0.717, 1.165) is 25.8 Å². The van der Waals surface area contributed by atoms with Crippen molar-refractivity contribution in [2.45, 2.75) is 52.2 Å². The number of benzene rings is 1. The number of rotatable bonds is 4. The van der Waals surface area contributed by atoms with Crippen LogP contribution in [0, 0.1) is 10.1 Å². The molecule has 1 fully saturated rings. The summed E-state index contributed by atoms with van der Waals surface area (Å²) in [6, 6.07) is 2.89. The van der Waals surface area contributed by atoms with Crippen molar-refractivity contribution < 1.29 is 14.5 Å². The summed E-state index contributed by atoms with van der Waals surface area (Å²) in [5.41, 5.74) is 0.343. The third kappa shape index (κ3) is 3.93. The van der Waals surface area contributed by atoms with Crippen LogP contribution in [-0.4, -0.2) is 29.6 Å². The minimum absolute atomic E-state index is 0.101. The van der Waals surface area contributed by atoms with Gasteiger partial charge in [0.1, 0.15) is 5.69 Å². The molecule has 1 aromatic carbocycles. The van der Waals surface area contributed by atoms with E-state index in [4.69, 9.17) is 16.3 Å². The van der Waals surface area contributed by atoms with Crippen molar-refractivity contribution in [3.8, 4) is 0 Å². The van der Waals surface area contributed by atoms with Gasteiger partial charge in [-0.25, -0.2) is 4.79 Å². The van der Waals surface area contributed by atoms with Gasteiger partial charge in [0, 0.05) is 18.7 Å². The Morgan fingerprint density at radius 3 is 2.70 bits per heavy atom. The number of hydrogen-bond donors (Lipinski definition) is 0. The van der Waals surface area contributed by atoms with Crippen molar-refractivity contribution in [3.05, 3.63) is 32.8 Å². The molecule has 0 N–H and O–H groups in total. The number of carbonyl (C=O) groups is 1. The molecule has 6 nitrogen and oxygen atoms in total. The number of esters is 1. The molecule has 0 amide bonds. The molecular weight excluding hydrogens is 320 g/mol. The third-order valence-corrected chi connectivity index (χ3v) is 4.20. The molecule has 126 valence electrons. The third-order valence-electron chi connectivity index (χ3n) is 3.91. The van der Waals surface area contributed by atoms with Gasteiger partial charge in [0.05, 0.1) is 21.6 Å². The van der Waals surface area contributed by atoms with Gasteiger partial charge in [0.25, 0.3) is 5.69 Å². The van der Waals surface area contributed by atoms with Crippen LogP contribution in [0.15, 0.2) is 12.1 Å². The van der Waals surface area contributed by atoms with E-state index in [1.807, 2.05) is 11.8 Å². The van der Waals surface area contributed by atoms with Gasteiger partial charge in [0.2, 0.25) is 0 Å². The summed E-state index contributed by atoms with van der Waals surface area (Å²) in [6.45, 7) is 6.19. The zero-order chi connectivity index (χ0) is 17.1. The van der Waals surface area contributed by atoms with E-state index in [2.05, 4.69) is 0 Å². The second-order valence-electron chi connectivity index (χ2n) is 6.08. The molecule has 1 aliphatic heterocycles. The van der Waals surface area contributed by atoms with Crippen LogP contribution in [-0.2, 0) is 4.74 Å². The molecule has 7 heteroatoms. The van der Waals surface area contributed by atoms with E-state index in [1.54, 1.807) is 13.8 Å². The van der Waals surface area contributed by atoms with Crippen molar-refractivity contribution in [1.82, 2.24) is 0 Å². The molecule has 0 spiro atoms. The van der Waals surface area contributed by atoms with Crippen LogP contribution in [0.4, 0.5) is 11.4 Å². The molecule has 0 aliphatic carbocycles. The van der Waals surface area contributed by atoms with Crippen LogP contribution in [0.2, 0.25) is 5.02 Å². The fourth-order valence-corrected chi connectivity index (χ4v) is 3.16. The summed E-state index contributed by atoms with van der Waals surface area (Å²) in [5.74, 6) is -0.608. The van der Waals surface area contributed by atoms with Gasteiger partial charge in [-0.1, -0.05) is 11.6 Å². The highest BCUT2D eigenvalue weighted by atomic mass is 35.5. The highest BCUT2D eigenvalue weighted by Gasteiger charge is 2.30. The fraction of sp³-hybridized carbons (Fsp3) is 0.562. The van der Waals surface area contributed by atoms with Gasteiger partial charge >= 0.3 is 5.97 Å². The number of hydrogen-bond acceptors (Lipinski definition) is 5. The summed E-state index contributed by atoms with van der Waals surface area (Å²) in [6.07, 6.45) is 2.73. The number of anilines is 1. The molecule has 1 heterocycles. The van der Waals surface area contributed by atoms with Gasteiger partial charge < -0.3 is 9.64 Å². The minimum atomic E-state index is -0.608. The molecule has 0 radical (unpaired) electrons. The van der Waals surface area contributed by atoms with Crippen molar-refractivity contribution in [2.24, 2.45) is 0 Å². The number of nitro benzene ring substituents is 1. The van der Waals surface area contributed by atoms with Gasteiger partial charge in [-0.05, 0) is 46.1 Å². The lowest BCUT2D eigenvalue weighted by molar-refractivity contribution is -0.384. The lowest BCUT2D eigenvalue weighted by atomic mass is 10.0. The summed E-state index contributed by atoms with van der Waals surface area (Å²) in [5, 5.41) is 11.7. The lowest BCUT2D eigenvalue weighted by Crippen LogP contribution is -2.38. The molecule has 0 bridgehead atoms. The highest BCUT2D eigenvalue weighted by molar-refractivity contribution is 6.34. The molecule has 23 heavy (non-hydrogen) atoms. The summed E-state index contributed by atoms with van der Waals surface area (Å²) in [4.78, 5) is 25.0. The molecule has 1 saturated heterocycles. The highest BCUT2D eigenvalue weighted by Crippen LogP contribution is 2.40. The lowest BCUT2D eigenvalue weighted by Gasteiger charge is -2.35. The van der Waals surface area contributed by atoms with E-state index < -0.39 is 10.9 Å². The monoisotopic (exact) mass is 340 g/mol. The Bertz CT molecular complexity index is 618. The molecule has 1 aliphatic rings. The van der Waals surface area contributed by atoms with Crippen molar-refractivity contribution in [3.63, 3.8) is 0 Å². The zero-order valence-electron chi connectivity index (χ0n) is 13.5. The Hall–Kier alpha value is -1.82. The van der Waals surface area contributed by atoms with Gasteiger partial charge in [-0.3, -0.25) is 10.1 Å². The van der Waals surface area contributed by atoms with Gasteiger partial charge in [0.15, 0.2) is 0 Å². The van der Waals surface area contributed by atoms with Crippen LogP contribution in [0.5, 0.6) is 0 Å². The van der Waals surface area contributed by atoms with Crippen LogP contribution < -0.4 is 4.90 Å². The van der Waals surface area contributed by atoms with Gasteiger partial charge in [-0.15, -0.1) is 0 Å².